The number of halogens is 2. The summed E-state index contributed by atoms with van der Waals surface area (Å²) in [5.74, 6) is 1.08. The minimum atomic E-state index is 0. The van der Waals surface area contributed by atoms with Gasteiger partial charge in [0.15, 0.2) is 11.5 Å². The first-order chi connectivity index (χ1) is 12.1. The van der Waals surface area contributed by atoms with Gasteiger partial charge in [0.25, 0.3) is 5.91 Å². The summed E-state index contributed by atoms with van der Waals surface area (Å²) in [5, 5.41) is 4.03. The quantitative estimate of drug-likeness (QED) is 0.783. The first kappa shape index (κ1) is 21.1. The third kappa shape index (κ3) is 4.76. The van der Waals surface area contributed by atoms with Gasteiger partial charge in [-0.2, -0.15) is 0 Å². The Labute approximate surface area is 166 Å². The van der Waals surface area contributed by atoms with E-state index in [4.69, 9.17) is 21.1 Å². The molecule has 2 aliphatic rings. The van der Waals surface area contributed by atoms with E-state index in [0.717, 1.165) is 32.4 Å². The van der Waals surface area contributed by atoms with Crippen molar-refractivity contribution >= 4 is 29.9 Å². The van der Waals surface area contributed by atoms with Gasteiger partial charge in [0.05, 0.1) is 18.2 Å². The van der Waals surface area contributed by atoms with E-state index in [1.165, 1.54) is 6.42 Å². The summed E-state index contributed by atoms with van der Waals surface area (Å²) < 4.78 is 11.4. The van der Waals surface area contributed by atoms with Gasteiger partial charge in [0.2, 0.25) is 0 Å². The Balaban J connectivity index is 0.00000243. The largest absolute Gasteiger partial charge is 0.490 e. The first-order valence-corrected chi connectivity index (χ1v) is 9.64. The van der Waals surface area contributed by atoms with Crippen LogP contribution in [0.5, 0.6) is 11.5 Å². The lowest BCUT2D eigenvalue weighted by atomic mass is 10.1. The van der Waals surface area contributed by atoms with Gasteiger partial charge in [0.1, 0.15) is 0 Å². The van der Waals surface area contributed by atoms with Crippen LogP contribution in [0, 0.1) is 0 Å². The smallest absolute Gasteiger partial charge is 0.254 e. The Hall–Kier alpha value is -1.17. The van der Waals surface area contributed by atoms with Crippen LogP contribution in [0.1, 0.15) is 49.9 Å². The summed E-state index contributed by atoms with van der Waals surface area (Å²) in [4.78, 5) is 14.9. The molecule has 2 aliphatic heterocycles. The molecule has 2 atom stereocenters. The topological polar surface area (TPSA) is 50.8 Å². The lowest BCUT2D eigenvalue weighted by Gasteiger charge is -2.25. The van der Waals surface area contributed by atoms with Crippen molar-refractivity contribution in [3.05, 3.63) is 22.7 Å². The number of fused-ring (bicyclic) bond motifs is 2. The van der Waals surface area contributed by atoms with Crippen LogP contribution < -0.4 is 14.8 Å². The molecule has 0 aliphatic carbocycles. The monoisotopic (exact) mass is 402 g/mol. The van der Waals surface area contributed by atoms with Crippen molar-refractivity contribution in [1.29, 1.82) is 0 Å². The molecule has 1 N–H and O–H groups in total. The fraction of sp³-hybridized carbons (Fsp3) is 0.632. The summed E-state index contributed by atoms with van der Waals surface area (Å²) in [6.07, 6.45) is 4.25. The Morgan fingerprint density at radius 3 is 2.73 bits per heavy atom. The molecule has 3 rings (SSSR count). The van der Waals surface area contributed by atoms with E-state index in [1.807, 2.05) is 18.7 Å². The molecule has 2 unspecified atom stereocenters. The van der Waals surface area contributed by atoms with Crippen LogP contribution in [0.25, 0.3) is 0 Å². The number of carbonyl (C=O) groups is 1. The highest BCUT2D eigenvalue weighted by Crippen LogP contribution is 2.37. The molecule has 26 heavy (non-hydrogen) atoms. The minimum absolute atomic E-state index is 0. The van der Waals surface area contributed by atoms with E-state index in [1.54, 1.807) is 12.1 Å². The maximum Gasteiger partial charge on any atom is 0.254 e. The molecule has 7 heteroatoms. The van der Waals surface area contributed by atoms with Gasteiger partial charge in [-0.1, -0.05) is 18.5 Å². The van der Waals surface area contributed by atoms with Crippen molar-refractivity contribution < 1.29 is 14.3 Å². The highest BCUT2D eigenvalue weighted by molar-refractivity contribution is 6.32. The van der Waals surface area contributed by atoms with Gasteiger partial charge < -0.3 is 19.7 Å². The Morgan fingerprint density at radius 2 is 2.00 bits per heavy atom. The van der Waals surface area contributed by atoms with Crippen molar-refractivity contribution in [2.75, 3.05) is 26.3 Å². The zero-order valence-corrected chi connectivity index (χ0v) is 17.0. The van der Waals surface area contributed by atoms with E-state index in [2.05, 4.69) is 5.32 Å². The van der Waals surface area contributed by atoms with E-state index in [0.29, 0.717) is 47.4 Å². The molecule has 146 valence electrons. The summed E-state index contributed by atoms with van der Waals surface area (Å²) in [6.45, 7) is 6.53. The summed E-state index contributed by atoms with van der Waals surface area (Å²) in [7, 11) is 0. The molecule has 1 aromatic carbocycles. The fourth-order valence-electron chi connectivity index (χ4n) is 3.61. The zero-order valence-electron chi connectivity index (χ0n) is 15.4. The first-order valence-electron chi connectivity index (χ1n) is 9.26. The third-order valence-corrected chi connectivity index (χ3v) is 5.10. The van der Waals surface area contributed by atoms with Crippen LogP contribution in [-0.4, -0.2) is 49.2 Å². The normalized spacial score (nSPS) is 21.7. The molecular weight excluding hydrogens is 375 g/mol. The second-order valence-electron chi connectivity index (χ2n) is 6.74. The fourth-order valence-corrected chi connectivity index (χ4v) is 3.87. The molecule has 0 spiro atoms. The molecule has 2 bridgehead atoms. The lowest BCUT2D eigenvalue weighted by Crippen LogP contribution is -2.39. The van der Waals surface area contributed by atoms with Gasteiger partial charge in [-0.25, -0.2) is 0 Å². The molecule has 0 radical (unpaired) electrons. The molecule has 1 amide bonds. The molecule has 2 fully saturated rings. The van der Waals surface area contributed by atoms with Crippen LogP contribution in [0.15, 0.2) is 12.1 Å². The third-order valence-electron chi connectivity index (χ3n) is 4.82. The molecule has 0 saturated carbocycles. The number of rotatable bonds is 6. The van der Waals surface area contributed by atoms with E-state index < -0.39 is 0 Å². The zero-order chi connectivity index (χ0) is 17.8. The van der Waals surface area contributed by atoms with Crippen molar-refractivity contribution in [3.8, 4) is 11.5 Å². The summed E-state index contributed by atoms with van der Waals surface area (Å²) in [6, 6.07) is 4.42. The molecular formula is C19H28Cl2N2O3. The number of benzene rings is 1. The van der Waals surface area contributed by atoms with Crippen molar-refractivity contribution in [2.24, 2.45) is 0 Å². The predicted octanol–water partition coefficient (Wildman–Crippen LogP) is 3.92. The number of carbonyl (C=O) groups excluding carboxylic acids is 1. The highest BCUT2D eigenvalue weighted by Gasteiger charge is 2.32. The SMILES string of the molecule is CCCOc1c(Cl)cc(C(=O)N2CCC3CCC(C2)N3)cc1OCC.Cl. The van der Waals surface area contributed by atoms with Crippen LogP contribution in [-0.2, 0) is 0 Å². The van der Waals surface area contributed by atoms with Gasteiger partial charge in [-0.05, 0) is 44.7 Å². The maximum atomic E-state index is 13.0. The van der Waals surface area contributed by atoms with Gasteiger partial charge >= 0.3 is 0 Å². The number of ether oxygens (including phenoxy) is 2. The van der Waals surface area contributed by atoms with Gasteiger partial charge in [-0.15, -0.1) is 12.4 Å². The predicted molar refractivity (Wildman–Crippen MR) is 106 cm³/mol. The van der Waals surface area contributed by atoms with Crippen molar-refractivity contribution in [3.63, 3.8) is 0 Å². The Morgan fingerprint density at radius 1 is 1.23 bits per heavy atom. The molecule has 5 nitrogen and oxygen atoms in total. The number of hydrogen-bond donors (Lipinski definition) is 1. The van der Waals surface area contributed by atoms with E-state index >= 15 is 0 Å². The van der Waals surface area contributed by atoms with E-state index in [9.17, 15) is 4.79 Å². The van der Waals surface area contributed by atoms with Crippen molar-refractivity contribution in [1.82, 2.24) is 10.2 Å². The number of amides is 1. The van der Waals surface area contributed by atoms with Gasteiger partial charge in [0, 0.05) is 30.7 Å². The summed E-state index contributed by atoms with van der Waals surface area (Å²) >= 11 is 6.40. The Kier molecular flexibility index (Phi) is 7.86. The number of hydrogen-bond acceptors (Lipinski definition) is 4. The average Bonchev–Trinajstić information content (AvgIpc) is 2.92. The van der Waals surface area contributed by atoms with Crippen molar-refractivity contribution in [2.45, 2.75) is 51.6 Å². The molecule has 2 heterocycles. The van der Waals surface area contributed by atoms with Gasteiger partial charge in [-0.3, -0.25) is 4.79 Å². The second-order valence-corrected chi connectivity index (χ2v) is 7.15. The molecule has 0 aromatic heterocycles. The number of nitrogens with one attached hydrogen (secondary N) is 1. The number of likely N-dealkylation sites (tertiary alicyclic amines) is 1. The number of nitrogens with zero attached hydrogens (tertiary/aromatic N) is 1. The lowest BCUT2D eigenvalue weighted by molar-refractivity contribution is 0.0747. The minimum Gasteiger partial charge on any atom is -0.490 e. The van der Waals surface area contributed by atoms with E-state index in [-0.39, 0.29) is 18.3 Å². The highest BCUT2D eigenvalue weighted by atomic mass is 35.5. The maximum absolute atomic E-state index is 13.0. The van der Waals surface area contributed by atoms with Crippen LogP contribution in [0.3, 0.4) is 0 Å². The second kappa shape index (κ2) is 9.67. The van der Waals surface area contributed by atoms with Crippen LogP contribution in [0.4, 0.5) is 0 Å². The molecule has 1 aromatic rings. The standard InChI is InChI=1S/C19H27ClN2O3.ClH/c1-3-9-25-18-16(20)10-13(11-17(18)24-4-2)19(23)22-8-7-14-5-6-15(12-22)21-14;/h10-11,14-15,21H,3-9,12H2,1-2H3;1H. The van der Waals surface area contributed by atoms with Crippen LogP contribution >= 0.6 is 24.0 Å². The van der Waals surface area contributed by atoms with Crippen LogP contribution in [0.2, 0.25) is 5.02 Å². The molecule has 2 saturated heterocycles. The average molecular weight is 403 g/mol. The summed E-state index contributed by atoms with van der Waals surface area (Å²) in [5.41, 5.74) is 0.565. The Bertz CT molecular complexity index is 627.